The number of hydrogen-bond donors (Lipinski definition) is 2. The lowest BCUT2D eigenvalue weighted by Gasteiger charge is -2.26. The smallest absolute Gasteiger partial charge is 0.107 e. The second-order valence-electron chi connectivity index (χ2n) is 4.90. The Balaban J connectivity index is 1.97. The fourth-order valence-corrected chi connectivity index (χ4v) is 2.48. The van der Waals surface area contributed by atoms with Crippen LogP contribution in [0, 0.1) is 5.92 Å². The first-order valence-corrected chi connectivity index (χ1v) is 6.64. The van der Waals surface area contributed by atoms with Crippen molar-refractivity contribution in [2.45, 2.75) is 45.3 Å². The van der Waals surface area contributed by atoms with Gasteiger partial charge in [-0.05, 0) is 25.3 Å². The van der Waals surface area contributed by atoms with E-state index in [-0.39, 0.29) is 0 Å². The summed E-state index contributed by atoms with van der Waals surface area (Å²) in [4.78, 5) is 7.49. The van der Waals surface area contributed by atoms with Crippen LogP contribution in [-0.4, -0.2) is 35.3 Å². The molecule has 4 nitrogen and oxygen atoms in total. The normalized spacial score (nSPS) is 26.2. The molecule has 0 radical (unpaired) electrons. The van der Waals surface area contributed by atoms with Crippen LogP contribution in [0.5, 0.6) is 0 Å². The first-order valence-electron chi connectivity index (χ1n) is 6.64. The van der Waals surface area contributed by atoms with Gasteiger partial charge in [-0.15, -0.1) is 0 Å². The third-order valence-electron chi connectivity index (χ3n) is 3.47. The molecule has 2 heterocycles. The van der Waals surface area contributed by atoms with Gasteiger partial charge in [0.1, 0.15) is 5.82 Å². The van der Waals surface area contributed by atoms with Crippen molar-refractivity contribution in [3.8, 4) is 0 Å². The summed E-state index contributed by atoms with van der Waals surface area (Å²) in [6.45, 7) is 6.41. The van der Waals surface area contributed by atoms with Gasteiger partial charge in [0.05, 0.1) is 6.10 Å². The van der Waals surface area contributed by atoms with E-state index in [4.69, 9.17) is 4.74 Å². The molecule has 0 aromatic carbocycles. The fraction of sp³-hybridized carbons (Fsp3) is 0.769. The Morgan fingerprint density at radius 1 is 1.65 bits per heavy atom. The molecule has 1 fully saturated rings. The molecule has 1 aromatic heterocycles. The lowest BCUT2D eigenvalue weighted by atomic mass is 9.95. The van der Waals surface area contributed by atoms with Gasteiger partial charge in [-0.1, -0.05) is 13.8 Å². The van der Waals surface area contributed by atoms with E-state index in [9.17, 15) is 0 Å². The predicted octanol–water partition coefficient (Wildman–Crippen LogP) is 1.75. The summed E-state index contributed by atoms with van der Waals surface area (Å²) >= 11 is 0. The van der Waals surface area contributed by atoms with Crippen LogP contribution in [0.2, 0.25) is 0 Å². The molecule has 17 heavy (non-hydrogen) atoms. The van der Waals surface area contributed by atoms with Crippen molar-refractivity contribution in [3.05, 3.63) is 18.2 Å². The zero-order chi connectivity index (χ0) is 12.1. The molecular weight excluding hydrogens is 214 g/mol. The SMILES string of the molecule is CCCNC(Cc1ncc[nH]1)C1OCCC1C. The average molecular weight is 237 g/mol. The summed E-state index contributed by atoms with van der Waals surface area (Å²) in [5.74, 6) is 1.68. The number of nitrogens with one attached hydrogen (secondary N) is 2. The zero-order valence-electron chi connectivity index (χ0n) is 10.8. The summed E-state index contributed by atoms with van der Waals surface area (Å²) in [6, 6.07) is 0.374. The van der Waals surface area contributed by atoms with Crippen molar-refractivity contribution >= 4 is 0 Å². The highest BCUT2D eigenvalue weighted by atomic mass is 16.5. The number of nitrogens with zero attached hydrogens (tertiary/aromatic N) is 1. The van der Waals surface area contributed by atoms with E-state index in [0.29, 0.717) is 18.1 Å². The molecule has 1 aromatic rings. The topological polar surface area (TPSA) is 49.9 Å². The Morgan fingerprint density at radius 3 is 3.12 bits per heavy atom. The molecule has 2 N–H and O–H groups in total. The maximum Gasteiger partial charge on any atom is 0.107 e. The van der Waals surface area contributed by atoms with Crippen LogP contribution in [0.4, 0.5) is 0 Å². The first kappa shape index (κ1) is 12.6. The lowest BCUT2D eigenvalue weighted by molar-refractivity contribution is 0.0605. The number of rotatable bonds is 6. The monoisotopic (exact) mass is 237 g/mol. The summed E-state index contributed by atoms with van der Waals surface area (Å²) in [6.07, 6.45) is 7.26. The van der Waals surface area contributed by atoms with Gasteiger partial charge in [-0.25, -0.2) is 4.98 Å². The quantitative estimate of drug-likeness (QED) is 0.792. The van der Waals surface area contributed by atoms with Gasteiger partial charge >= 0.3 is 0 Å². The highest BCUT2D eigenvalue weighted by molar-refractivity contribution is 4.96. The second-order valence-corrected chi connectivity index (χ2v) is 4.90. The van der Waals surface area contributed by atoms with Crippen molar-refractivity contribution < 1.29 is 4.74 Å². The summed E-state index contributed by atoms with van der Waals surface area (Å²) in [5.41, 5.74) is 0. The van der Waals surface area contributed by atoms with Crippen LogP contribution in [0.3, 0.4) is 0 Å². The zero-order valence-corrected chi connectivity index (χ0v) is 10.8. The Morgan fingerprint density at radius 2 is 2.53 bits per heavy atom. The molecule has 3 unspecified atom stereocenters. The van der Waals surface area contributed by atoms with Crippen LogP contribution in [0.15, 0.2) is 12.4 Å². The van der Waals surface area contributed by atoms with E-state index in [2.05, 4.69) is 29.1 Å². The van der Waals surface area contributed by atoms with E-state index in [0.717, 1.165) is 31.8 Å². The first-order chi connectivity index (χ1) is 8.31. The summed E-state index contributed by atoms with van der Waals surface area (Å²) in [5, 5.41) is 3.60. The highest BCUT2D eigenvalue weighted by Crippen LogP contribution is 2.24. The van der Waals surface area contributed by atoms with Crippen LogP contribution in [-0.2, 0) is 11.2 Å². The van der Waals surface area contributed by atoms with Gasteiger partial charge in [0.25, 0.3) is 0 Å². The number of aromatic nitrogens is 2. The maximum absolute atomic E-state index is 5.87. The van der Waals surface area contributed by atoms with Crippen LogP contribution >= 0.6 is 0 Å². The van der Waals surface area contributed by atoms with Gasteiger partial charge in [-0.3, -0.25) is 0 Å². The molecule has 1 aliphatic rings. The number of ether oxygens (including phenoxy) is 1. The Bertz CT molecular complexity index is 312. The van der Waals surface area contributed by atoms with E-state index in [1.165, 1.54) is 6.42 Å². The van der Waals surface area contributed by atoms with Crippen molar-refractivity contribution in [3.63, 3.8) is 0 Å². The van der Waals surface area contributed by atoms with E-state index < -0.39 is 0 Å². The van der Waals surface area contributed by atoms with Crippen LogP contribution < -0.4 is 5.32 Å². The van der Waals surface area contributed by atoms with Gasteiger partial charge in [0.15, 0.2) is 0 Å². The minimum absolute atomic E-state index is 0.326. The second kappa shape index (κ2) is 6.17. The molecule has 0 aliphatic carbocycles. The summed E-state index contributed by atoms with van der Waals surface area (Å²) < 4.78 is 5.87. The molecular formula is C13H23N3O. The minimum Gasteiger partial charge on any atom is -0.376 e. The molecule has 96 valence electrons. The Hall–Kier alpha value is -0.870. The lowest BCUT2D eigenvalue weighted by Crippen LogP contribution is -2.44. The van der Waals surface area contributed by atoms with Gasteiger partial charge in [-0.2, -0.15) is 0 Å². The van der Waals surface area contributed by atoms with E-state index in [1.807, 2.05) is 12.4 Å². The van der Waals surface area contributed by atoms with Crippen molar-refractivity contribution in [2.24, 2.45) is 5.92 Å². The standard InChI is InChI=1S/C13H23N3O/c1-3-5-14-11(9-12-15-6-7-16-12)13-10(2)4-8-17-13/h6-7,10-11,13-14H,3-5,8-9H2,1-2H3,(H,15,16). The third kappa shape index (κ3) is 3.30. The summed E-state index contributed by atoms with van der Waals surface area (Å²) in [7, 11) is 0. The third-order valence-corrected chi connectivity index (χ3v) is 3.47. The molecule has 3 atom stereocenters. The van der Waals surface area contributed by atoms with Crippen LogP contribution in [0.25, 0.3) is 0 Å². The number of imidazole rings is 1. The van der Waals surface area contributed by atoms with Crippen molar-refractivity contribution in [1.29, 1.82) is 0 Å². The maximum atomic E-state index is 5.87. The molecule has 4 heteroatoms. The molecule has 1 saturated heterocycles. The fourth-order valence-electron chi connectivity index (χ4n) is 2.48. The van der Waals surface area contributed by atoms with Crippen molar-refractivity contribution in [1.82, 2.24) is 15.3 Å². The molecule has 0 amide bonds. The van der Waals surface area contributed by atoms with E-state index in [1.54, 1.807) is 0 Å². The van der Waals surface area contributed by atoms with Crippen molar-refractivity contribution in [2.75, 3.05) is 13.2 Å². The Labute approximate surface area is 103 Å². The van der Waals surface area contributed by atoms with E-state index >= 15 is 0 Å². The predicted molar refractivity (Wildman–Crippen MR) is 67.9 cm³/mol. The molecule has 2 rings (SSSR count). The highest BCUT2D eigenvalue weighted by Gasteiger charge is 2.32. The molecule has 0 bridgehead atoms. The number of aromatic amines is 1. The molecule has 0 spiro atoms. The molecule has 0 saturated carbocycles. The number of hydrogen-bond acceptors (Lipinski definition) is 3. The van der Waals surface area contributed by atoms with Gasteiger partial charge in [0.2, 0.25) is 0 Å². The molecule has 1 aliphatic heterocycles. The number of H-pyrrole nitrogens is 1. The Kier molecular flexibility index (Phi) is 4.57. The van der Waals surface area contributed by atoms with Gasteiger partial charge < -0.3 is 15.0 Å². The van der Waals surface area contributed by atoms with Gasteiger partial charge in [0, 0.05) is 31.5 Å². The van der Waals surface area contributed by atoms with Crippen LogP contribution in [0.1, 0.15) is 32.5 Å². The average Bonchev–Trinajstić information content (AvgIpc) is 2.95. The largest absolute Gasteiger partial charge is 0.376 e. The minimum atomic E-state index is 0.326.